The summed E-state index contributed by atoms with van der Waals surface area (Å²) >= 11 is 0. The van der Waals surface area contributed by atoms with E-state index in [1.165, 1.54) is 22.0 Å². The van der Waals surface area contributed by atoms with Crippen LogP contribution in [0.5, 0.6) is 5.75 Å². The van der Waals surface area contributed by atoms with Crippen LogP contribution in [0, 0.1) is 0 Å². The number of H-pyrrole nitrogens is 1. The van der Waals surface area contributed by atoms with Crippen molar-refractivity contribution in [1.82, 2.24) is 35.3 Å². The van der Waals surface area contributed by atoms with Gasteiger partial charge >= 0.3 is 13.9 Å². The van der Waals surface area contributed by atoms with Gasteiger partial charge in [0, 0.05) is 90.6 Å². The number of aromatic amines is 1. The molecule has 2 atom stereocenters. The van der Waals surface area contributed by atoms with Crippen LogP contribution < -0.4 is 9.84 Å². The van der Waals surface area contributed by atoms with Crippen molar-refractivity contribution < 1.29 is 33.3 Å². The summed E-state index contributed by atoms with van der Waals surface area (Å²) in [4.78, 5) is 63.5. The van der Waals surface area contributed by atoms with E-state index in [2.05, 4.69) is 26.6 Å². The number of piperazine rings is 1. The molecule has 0 unspecified atom stereocenters. The molecule has 246 valence electrons. The van der Waals surface area contributed by atoms with Gasteiger partial charge in [0.15, 0.2) is 0 Å². The minimum Gasteiger partial charge on any atom is -0.404 e. The predicted octanol–water partition coefficient (Wildman–Crippen LogP) is 2.01. The van der Waals surface area contributed by atoms with Crippen molar-refractivity contribution in [2.24, 2.45) is 0 Å². The van der Waals surface area contributed by atoms with Gasteiger partial charge in [-0.3, -0.25) is 24.5 Å². The molecule has 1 aromatic heterocycles. The Kier molecular flexibility index (Phi) is 13.3. The van der Waals surface area contributed by atoms with Gasteiger partial charge in [0.2, 0.25) is 11.8 Å². The van der Waals surface area contributed by atoms with Crippen LogP contribution in [0.1, 0.15) is 16.7 Å². The predicted molar refractivity (Wildman–Crippen MR) is 183 cm³/mol. The second kappa shape index (κ2) is 16.8. The van der Waals surface area contributed by atoms with Crippen LogP contribution in [0.25, 0.3) is 10.9 Å². The summed E-state index contributed by atoms with van der Waals surface area (Å²) in [6.45, 7) is 4.40. The first-order valence-corrected chi connectivity index (χ1v) is 16.5. The van der Waals surface area contributed by atoms with Crippen LogP contribution in [0.2, 0.25) is 0 Å². The second-order valence-corrected chi connectivity index (χ2v) is 12.5. The van der Waals surface area contributed by atoms with Crippen molar-refractivity contribution in [1.29, 1.82) is 0 Å². The molecule has 0 spiro atoms. The zero-order valence-corrected chi connectivity index (χ0v) is 32.2. The number of phosphoric acid groups is 1. The first-order chi connectivity index (χ1) is 22.6. The Hall–Kier alpha value is -3.01. The van der Waals surface area contributed by atoms with Gasteiger partial charge in [-0.1, -0.05) is 66.7 Å². The van der Waals surface area contributed by atoms with Gasteiger partial charge in [0.1, 0.15) is 18.0 Å². The van der Waals surface area contributed by atoms with E-state index >= 15 is 0 Å². The number of para-hydroxylation sites is 1. The smallest absolute Gasteiger partial charge is 0.404 e. The maximum absolute atomic E-state index is 14.3. The molecule has 2 aliphatic heterocycles. The molecule has 49 heavy (non-hydrogen) atoms. The number of rotatable bonds is 10. The van der Waals surface area contributed by atoms with Crippen LogP contribution in [0.4, 0.5) is 4.79 Å². The number of fused-ring (bicyclic) bond motifs is 2. The van der Waals surface area contributed by atoms with Crippen molar-refractivity contribution in [2.75, 3.05) is 19.6 Å². The second-order valence-electron chi connectivity index (χ2n) is 11.3. The number of hydrogen-bond donors (Lipinski definition) is 4. The summed E-state index contributed by atoms with van der Waals surface area (Å²) in [5.41, 5.74) is 3.13. The van der Waals surface area contributed by atoms with Crippen LogP contribution in [0.3, 0.4) is 0 Å². The molecule has 4 aromatic rings. The minimum atomic E-state index is -4.76. The number of phosphoric ester groups is 1. The normalized spacial score (nSPS) is 18.0. The average molecular weight is 706 g/mol. The Morgan fingerprint density at radius 3 is 2.47 bits per heavy atom. The minimum absolute atomic E-state index is 0. The molecule has 3 heterocycles. The molecule has 2 aliphatic rings. The molecule has 4 N–H and O–H groups in total. The zero-order chi connectivity index (χ0) is 33.1. The van der Waals surface area contributed by atoms with E-state index in [0.717, 1.165) is 22.0 Å². The summed E-state index contributed by atoms with van der Waals surface area (Å²) in [6.07, 6.45) is 2.56. The maximum atomic E-state index is 14.3. The number of amides is 4. The summed E-state index contributed by atoms with van der Waals surface area (Å²) < 4.78 is 16.0. The number of urea groups is 1. The van der Waals surface area contributed by atoms with E-state index in [4.69, 9.17) is 0 Å². The average Bonchev–Trinajstić information content (AvgIpc) is 3.53. The van der Waals surface area contributed by atoms with E-state index in [0.29, 0.717) is 5.56 Å². The molecule has 4 amide bonds. The van der Waals surface area contributed by atoms with Crippen molar-refractivity contribution in [2.45, 2.75) is 31.7 Å². The van der Waals surface area contributed by atoms with E-state index in [9.17, 15) is 28.7 Å². The molecule has 3 aromatic carbocycles. The third-order valence-corrected chi connectivity index (χ3v) is 8.61. The van der Waals surface area contributed by atoms with Crippen LogP contribution in [-0.2, 0) is 33.7 Å². The summed E-state index contributed by atoms with van der Waals surface area (Å²) in [7, 11) is -4.76. The number of carbonyl (C=O) groups is 3. The first-order valence-electron chi connectivity index (χ1n) is 14.9. The number of nitrogens with zero attached hydrogens (tertiary/aromatic N) is 5. The molecule has 0 saturated carbocycles. The Balaban J connectivity index is 0.00000270. The number of nitrogens with one attached hydrogen (secondary N) is 2. The SMILES string of the molecule is C=CCN1CC(=O)N2[C@@H](Cc3ccc(OP(=O)(O)O)cc3)C(=O)N(Cc3cccc4cn[nH]c34)C[C@@H]2N1C(=O)NCc1ccccc1.[Na].[Na]. The van der Waals surface area contributed by atoms with Crippen LogP contribution in [0.15, 0.2) is 91.6 Å². The number of carbonyl (C=O) groups excluding carboxylic acids is 3. The third kappa shape index (κ3) is 9.02. The molecule has 2 fully saturated rings. The molecular weight excluding hydrogens is 671 g/mol. The van der Waals surface area contributed by atoms with Crippen molar-refractivity contribution >= 4 is 95.7 Å². The van der Waals surface area contributed by atoms with Crippen molar-refractivity contribution in [3.8, 4) is 5.75 Å². The van der Waals surface area contributed by atoms with Gasteiger partial charge in [-0.2, -0.15) is 5.10 Å². The van der Waals surface area contributed by atoms with Crippen LogP contribution in [-0.4, -0.2) is 149 Å². The standard InChI is InChI=1S/C32H34N7O7P.2Na/c1-2-15-37-21-29(40)38-27(16-22-11-13-26(14-12-22)46-47(43,44)45)31(41)36(19-25-10-6-9-24-18-34-35-30(24)25)20-28(38)39(37)32(42)33-17-23-7-4-3-5-8-23;;/h2-14,18,27-28H,1,15-17,19-21H2,(H,33,42)(H,34,35)(H2,43,44,45);;/t27-,28-;;/m0../s1. The van der Waals surface area contributed by atoms with Gasteiger partial charge in [0.25, 0.3) is 0 Å². The molecule has 0 aliphatic carbocycles. The zero-order valence-electron chi connectivity index (χ0n) is 27.3. The Morgan fingerprint density at radius 2 is 1.78 bits per heavy atom. The molecule has 14 nitrogen and oxygen atoms in total. The summed E-state index contributed by atoms with van der Waals surface area (Å²) in [5.74, 6) is -0.665. The number of hydrogen-bond acceptors (Lipinski definition) is 7. The van der Waals surface area contributed by atoms with Gasteiger partial charge < -0.3 is 19.6 Å². The Bertz CT molecular complexity index is 1840. The number of aromatic nitrogens is 2. The van der Waals surface area contributed by atoms with E-state index in [-0.39, 0.29) is 116 Å². The van der Waals surface area contributed by atoms with E-state index in [1.54, 1.807) is 34.3 Å². The number of benzene rings is 3. The molecule has 2 radical (unpaired) electrons. The largest absolute Gasteiger partial charge is 0.524 e. The number of hydrazine groups is 1. The summed E-state index contributed by atoms with van der Waals surface area (Å²) in [5, 5.41) is 14.1. The van der Waals surface area contributed by atoms with Crippen LogP contribution >= 0.6 is 7.82 Å². The van der Waals surface area contributed by atoms with Gasteiger partial charge in [-0.05, 0) is 28.8 Å². The fourth-order valence-corrected chi connectivity index (χ4v) is 6.51. The van der Waals surface area contributed by atoms with Gasteiger partial charge in [-0.15, -0.1) is 6.58 Å². The summed E-state index contributed by atoms with van der Waals surface area (Å²) in [6, 6.07) is 19.7. The molecule has 0 bridgehead atoms. The van der Waals surface area contributed by atoms with E-state index in [1.807, 2.05) is 48.5 Å². The fraction of sp³-hybridized carbons (Fsp3) is 0.250. The Labute approximate surface area is 327 Å². The molecular formula is C32H34N7Na2O7P. The molecule has 6 rings (SSSR count). The third-order valence-electron chi connectivity index (χ3n) is 8.17. The maximum Gasteiger partial charge on any atom is 0.524 e. The van der Waals surface area contributed by atoms with E-state index < -0.39 is 26.1 Å². The van der Waals surface area contributed by atoms with Gasteiger partial charge in [0.05, 0.1) is 24.8 Å². The molecule has 2 saturated heterocycles. The molecule has 17 heteroatoms. The monoisotopic (exact) mass is 705 g/mol. The topological polar surface area (TPSA) is 172 Å². The first kappa shape index (κ1) is 38.8. The Morgan fingerprint density at radius 1 is 1.04 bits per heavy atom. The van der Waals surface area contributed by atoms with Crippen molar-refractivity contribution in [3.05, 3.63) is 108 Å². The fourth-order valence-electron chi connectivity index (χ4n) is 6.11. The quantitative estimate of drug-likeness (QED) is 0.110. The van der Waals surface area contributed by atoms with Gasteiger partial charge in [-0.25, -0.2) is 19.4 Å². The van der Waals surface area contributed by atoms with Crippen molar-refractivity contribution in [3.63, 3.8) is 0 Å².